The maximum atomic E-state index is 4.99. The number of nitrogens with zero attached hydrogens (tertiary/aromatic N) is 1. The lowest BCUT2D eigenvalue weighted by Crippen LogP contribution is -1.88. The second kappa shape index (κ2) is 4.87. The predicted octanol–water partition coefficient (Wildman–Crippen LogP) is 2.47. The second-order valence-corrected chi connectivity index (χ2v) is 3.15. The van der Waals surface area contributed by atoms with E-state index in [4.69, 9.17) is 9.47 Å². The largest absolute Gasteiger partial charge is 0.504 e. The molecule has 1 aromatic heterocycles. The molecule has 4 heteroatoms. The molecule has 0 aromatic carbocycles. The molecular weight excluding hydrogens is 234 g/mol. The van der Waals surface area contributed by atoms with Crippen LogP contribution in [-0.2, 0) is 4.74 Å². The van der Waals surface area contributed by atoms with Gasteiger partial charge < -0.3 is 9.47 Å². The van der Waals surface area contributed by atoms with Gasteiger partial charge in [0.1, 0.15) is 0 Å². The molecule has 0 radical (unpaired) electrons. The van der Waals surface area contributed by atoms with Gasteiger partial charge in [0.2, 0.25) is 5.88 Å². The molecule has 3 nitrogen and oxygen atoms in total. The van der Waals surface area contributed by atoms with Crippen LogP contribution in [0.1, 0.15) is 5.56 Å². The zero-order chi connectivity index (χ0) is 9.68. The summed E-state index contributed by atoms with van der Waals surface area (Å²) in [4.78, 5) is 4.07. The highest BCUT2D eigenvalue weighted by Gasteiger charge is 2.00. The molecule has 0 fully saturated rings. The standard InChI is InChI=1S/C9H10BrNO2/c1-12-4-3-7-5-8(10)9(13-2)11-6-7/h3-6H,1-2H3. The first kappa shape index (κ1) is 10.1. The van der Waals surface area contributed by atoms with E-state index in [-0.39, 0.29) is 0 Å². The lowest BCUT2D eigenvalue weighted by atomic mass is 10.3. The maximum Gasteiger partial charge on any atom is 0.227 e. The molecule has 1 rings (SSSR count). The molecule has 0 aliphatic carbocycles. The second-order valence-electron chi connectivity index (χ2n) is 2.30. The number of aromatic nitrogens is 1. The average Bonchev–Trinajstić information content (AvgIpc) is 2.15. The number of hydrogen-bond acceptors (Lipinski definition) is 3. The average molecular weight is 244 g/mol. The normalized spacial score (nSPS) is 10.4. The van der Waals surface area contributed by atoms with E-state index in [0.717, 1.165) is 10.0 Å². The molecule has 0 amide bonds. The van der Waals surface area contributed by atoms with Crippen molar-refractivity contribution in [3.05, 3.63) is 28.6 Å². The van der Waals surface area contributed by atoms with Crippen molar-refractivity contribution >= 4 is 22.0 Å². The first-order chi connectivity index (χ1) is 6.27. The van der Waals surface area contributed by atoms with Gasteiger partial charge in [-0.25, -0.2) is 4.98 Å². The van der Waals surface area contributed by atoms with E-state index < -0.39 is 0 Å². The Bertz CT molecular complexity index is 312. The van der Waals surface area contributed by atoms with Gasteiger partial charge in [-0.15, -0.1) is 0 Å². The first-order valence-corrected chi connectivity index (χ1v) is 4.46. The summed E-state index contributed by atoms with van der Waals surface area (Å²) >= 11 is 3.34. The zero-order valence-electron chi connectivity index (χ0n) is 7.45. The van der Waals surface area contributed by atoms with Gasteiger partial charge in [-0.1, -0.05) is 0 Å². The Morgan fingerprint density at radius 2 is 2.23 bits per heavy atom. The Hall–Kier alpha value is -1.03. The van der Waals surface area contributed by atoms with Gasteiger partial charge in [0.05, 0.1) is 25.0 Å². The summed E-state index contributed by atoms with van der Waals surface area (Å²) in [6, 6.07) is 1.90. The van der Waals surface area contributed by atoms with Gasteiger partial charge >= 0.3 is 0 Å². The molecule has 0 aliphatic rings. The van der Waals surface area contributed by atoms with Crippen molar-refractivity contribution < 1.29 is 9.47 Å². The van der Waals surface area contributed by atoms with Crippen LogP contribution >= 0.6 is 15.9 Å². The van der Waals surface area contributed by atoms with E-state index >= 15 is 0 Å². The topological polar surface area (TPSA) is 31.4 Å². The highest BCUT2D eigenvalue weighted by Crippen LogP contribution is 2.22. The van der Waals surface area contributed by atoms with Crippen molar-refractivity contribution in [3.8, 4) is 5.88 Å². The van der Waals surface area contributed by atoms with E-state index in [1.807, 2.05) is 12.1 Å². The molecule has 0 N–H and O–H groups in total. The van der Waals surface area contributed by atoms with Crippen LogP contribution in [0, 0.1) is 0 Å². The molecule has 1 heterocycles. The smallest absolute Gasteiger partial charge is 0.227 e. The molecule has 0 bridgehead atoms. The SMILES string of the molecule is COC=Cc1cnc(OC)c(Br)c1. The fourth-order valence-electron chi connectivity index (χ4n) is 0.828. The van der Waals surface area contributed by atoms with Crippen LogP contribution in [0.25, 0.3) is 6.08 Å². The molecule has 0 saturated heterocycles. The van der Waals surface area contributed by atoms with Crippen molar-refractivity contribution in [2.45, 2.75) is 0 Å². The van der Waals surface area contributed by atoms with Crippen molar-refractivity contribution in [2.75, 3.05) is 14.2 Å². The summed E-state index contributed by atoms with van der Waals surface area (Å²) < 4.78 is 10.6. The molecule has 0 unspecified atom stereocenters. The number of ether oxygens (including phenoxy) is 2. The zero-order valence-corrected chi connectivity index (χ0v) is 9.04. The Morgan fingerprint density at radius 3 is 2.77 bits per heavy atom. The van der Waals surface area contributed by atoms with E-state index in [1.54, 1.807) is 26.7 Å². The van der Waals surface area contributed by atoms with E-state index in [2.05, 4.69) is 20.9 Å². The minimum Gasteiger partial charge on any atom is -0.504 e. The predicted molar refractivity (Wildman–Crippen MR) is 54.5 cm³/mol. The fraction of sp³-hybridized carbons (Fsp3) is 0.222. The fourth-order valence-corrected chi connectivity index (χ4v) is 1.36. The van der Waals surface area contributed by atoms with E-state index in [1.165, 1.54) is 0 Å². The van der Waals surface area contributed by atoms with Crippen molar-refractivity contribution in [2.24, 2.45) is 0 Å². The van der Waals surface area contributed by atoms with Gasteiger partial charge in [0.15, 0.2) is 0 Å². The Balaban J connectivity index is 2.89. The third-order valence-corrected chi connectivity index (χ3v) is 1.99. The van der Waals surface area contributed by atoms with Crippen molar-refractivity contribution in [1.29, 1.82) is 0 Å². The van der Waals surface area contributed by atoms with Crippen LogP contribution < -0.4 is 4.74 Å². The van der Waals surface area contributed by atoms with Gasteiger partial charge in [0, 0.05) is 6.20 Å². The van der Waals surface area contributed by atoms with Crippen LogP contribution in [0.2, 0.25) is 0 Å². The Labute approximate surface area is 85.5 Å². The van der Waals surface area contributed by atoms with Gasteiger partial charge in [-0.05, 0) is 33.6 Å². The lowest BCUT2D eigenvalue weighted by Gasteiger charge is -2.01. The number of halogens is 1. The van der Waals surface area contributed by atoms with Crippen LogP contribution in [0.3, 0.4) is 0 Å². The molecule has 0 saturated carbocycles. The molecule has 0 spiro atoms. The highest BCUT2D eigenvalue weighted by atomic mass is 79.9. The van der Waals surface area contributed by atoms with Crippen molar-refractivity contribution in [1.82, 2.24) is 4.98 Å². The van der Waals surface area contributed by atoms with Gasteiger partial charge in [-0.3, -0.25) is 0 Å². The van der Waals surface area contributed by atoms with Crippen LogP contribution in [0.15, 0.2) is 23.0 Å². The molecule has 1 aromatic rings. The first-order valence-electron chi connectivity index (χ1n) is 3.67. The number of rotatable bonds is 3. The Morgan fingerprint density at radius 1 is 1.46 bits per heavy atom. The lowest BCUT2D eigenvalue weighted by molar-refractivity contribution is 0.341. The number of methoxy groups -OCH3 is 2. The number of hydrogen-bond donors (Lipinski definition) is 0. The third kappa shape index (κ3) is 2.73. The van der Waals surface area contributed by atoms with Crippen LogP contribution in [-0.4, -0.2) is 19.2 Å². The quantitative estimate of drug-likeness (QED) is 0.765. The highest BCUT2D eigenvalue weighted by molar-refractivity contribution is 9.10. The van der Waals surface area contributed by atoms with E-state index in [9.17, 15) is 0 Å². The summed E-state index contributed by atoms with van der Waals surface area (Å²) in [5, 5.41) is 0. The molecule has 13 heavy (non-hydrogen) atoms. The molecular formula is C9H10BrNO2. The summed E-state index contributed by atoms with van der Waals surface area (Å²) in [7, 11) is 3.18. The van der Waals surface area contributed by atoms with Gasteiger partial charge in [0.25, 0.3) is 0 Å². The third-order valence-electron chi connectivity index (χ3n) is 1.42. The summed E-state index contributed by atoms with van der Waals surface area (Å²) in [5.74, 6) is 0.578. The Kier molecular flexibility index (Phi) is 3.76. The molecule has 70 valence electrons. The van der Waals surface area contributed by atoms with Crippen LogP contribution in [0.5, 0.6) is 5.88 Å². The van der Waals surface area contributed by atoms with E-state index in [0.29, 0.717) is 5.88 Å². The maximum absolute atomic E-state index is 4.99. The van der Waals surface area contributed by atoms with Crippen LogP contribution in [0.4, 0.5) is 0 Å². The van der Waals surface area contributed by atoms with Crippen molar-refractivity contribution in [3.63, 3.8) is 0 Å². The molecule has 0 aliphatic heterocycles. The molecule has 0 atom stereocenters. The summed E-state index contributed by atoms with van der Waals surface area (Å²) in [5.41, 5.74) is 0.953. The minimum absolute atomic E-state index is 0.578. The van der Waals surface area contributed by atoms with Gasteiger partial charge in [-0.2, -0.15) is 0 Å². The monoisotopic (exact) mass is 243 g/mol. The summed E-state index contributed by atoms with van der Waals surface area (Å²) in [6.07, 6.45) is 5.12. The minimum atomic E-state index is 0.578. The summed E-state index contributed by atoms with van der Waals surface area (Å²) in [6.45, 7) is 0. The number of pyridine rings is 1.